The number of hydrogen-bond acceptors (Lipinski definition) is 2. The maximum Gasteiger partial charge on any atom is 0.405 e. The van der Waals surface area contributed by atoms with Crippen molar-refractivity contribution in [3.63, 3.8) is 0 Å². The lowest BCUT2D eigenvalue weighted by Crippen LogP contribution is -2.35. The first-order valence-electron chi connectivity index (χ1n) is 5.59. The molecule has 0 saturated heterocycles. The van der Waals surface area contributed by atoms with Crippen LogP contribution in [-0.4, -0.2) is 30.3 Å². The lowest BCUT2D eigenvalue weighted by Gasteiger charge is -2.26. The summed E-state index contributed by atoms with van der Waals surface area (Å²) in [6.45, 7) is 0.436. The number of anilines is 1. The van der Waals surface area contributed by atoms with Crippen LogP contribution in [0.2, 0.25) is 0 Å². The number of carboxylic acids is 1. The third-order valence-electron chi connectivity index (χ3n) is 2.39. The van der Waals surface area contributed by atoms with Gasteiger partial charge in [-0.2, -0.15) is 13.2 Å². The molecule has 0 unspecified atom stereocenters. The zero-order valence-corrected chi connectivity index (χ0v) is 10.2. The second-order valence-corrected chi connectivity index (χ2v) is 4.00. The van der Waals surface area contributed by atoms with Gasteiger partial charge in [-0.25, -0.2) is 9.18 Å². The van der Waals surface area contributed by atoms with Crippen LogP contribution in [0.5, 0.6) is 0 Å². The van der Waals surface area contributed by atoms with Gasteiger partial charge in [-0.3, -0.25) is 0 Å². The summed E-state index contributed by atoms with van der Waals surface area (Å²) in [5.74, 6) is -2.26. The van der Waals surface area contributed by atoms with Gasteiger partial charge >= 0.3 is 12.1 Å². The minimum atomic E-state index is -4.46. The minimum Gasteiger partial charge on any atom is -0.478 e. The molecular formula is C12H13F4NO2. The first-order valence-corrected chi connectivity index (χ1v) is 5.59. The summed E-state index contributed by atoms with van der Waals surface area (Å²) in [5, 5.41) is 8.93. The van der Waals surface area contributed by atoms with E-state index < -0.39 is 30.1 Å². The normalized spacial score (nSPS) is 11.4. The predicted octanol–water partition coefficient (Wildman–Crippen LogP) is 3.30. The van der Waals surface area contributed by atoms with Gasteiger partial charge in [0.25, 0.3) is 0 Å². The Morgan fingerprint density at radius 1 is 1.37 bits per heavy atom. The van der Waals surface area contributed by atoms with E-state index in [4.69, 9.17) is 5.11 Å². The van der Waals surface area contributed by atoms with Crippen molar-refractivity contribution >= 4 is 11.7 Å². The molecule has 1 N–H and O–H groups in total. The van der Waals surface area contributed by atoms with E-state index in [1.807, 2.05) is 0 Å². The number of nitrogens with zero attached hydrogens (tertiary/aromatic N) is 1. The number of benzene rings is 1. The number of carbonyl (C=O) groups is 1. The molecule has 0 heterocycles. The standard InChI is InChI=1S/C12H13F4NO2/c1-2-5-17(7-12(14,15)16)10-4-3-8(13)6-9(10)11(18)19/h3-4,6H,2,5,7H2,1H3,(H,18,19). The highest BCUT2D eigenvalue weighted by atomic mass is 19.4. The van der Waals surface area contributed by atoms with Gasteiger partial charge in [-0.15, -0.1) is 0 Å². The lowest BCUT2D eigenvalue weighted by atomic mass is 10.1. The SMILES string of the molecule is CCCN(CC(F)(F)F)c1ccc(F)cc1C(=O)O. The van der Waals surface area contributed by atoms with Crippen LogP contribution in [0.15, 0.2) is 18.2 Å². The van der Waals surface area contributed by atoms with Gasteiger partial charge in [0.2, 0.25) is 0 Å². The van der Waals surface area contributed by atoms with Crippen molar-refractivity contribution in [3.05, 3.63) is 29.6 Å². The molecule has 7 heteroatoms. The van der Waals surface area contributed by atoms with Crippen LogP contribution in [0.1, 0.15) is 23.7 Å². The van der Waals surface area contributed by atoms with Crippen molar-refractivity contribution in [1.82, 2.24) is 0 Å². The van der Waals surface area contributed by atoms with Crippen molar-refractivity contribution < 1.29 is 27.5 Å². The first kappa shape index (κ1) is 15.3. The van der Waals surface area contributed by atoms with Crippen molar-refractivity contribution in [2.45, 2.75) is 19.5 Å². The fourth-order valence-corrected chi connectivity index (χ4v) is 1.73. The number of aromatic carboxylic acids is 1. The zero-order valence-electron chi connectivity index (χ0n) is 10.2. The number of alkyl halides is 3. The highest BCUT2D eigenvalue weighted by Crippen LogP contribution is 2.26. The molecule has 1 aromatic carbocycles. The summed E-state index contributed by atoms with van der Waals surface area (Å²) >= 11 is 0. The molecule has 0 amide bonds. The van der Waals surface area contributed by atoms with Gasteiger partial charge in [0.1, 0.15) is 12.4 Å². The molecular weight excluding hydrogens is 266 g/mol. The number of halogens is 4. The van der Waals surface area contributed by atoms with E-state index in [1.165, 1.54) is 0 Å². The Kier molecular flexibility index (Phi) is 4.74. The smallest absolute Gasteiger partial charge is 0.405 e. The topological polar surface area (TPSA) is 40.5 Å². The average Bonchev–Trinajstić information content (AvgIpc) is 2.26. The van der Waals surface area contributed by atoms with Crippen molar-refractivity contribution in [1.29, 1.82) is 0 Å². The molecule has 0 aliphatic rings. The summed E-state index contributed by atoms with van der Waals surface area (Å²) in [4.78, 5) is 11.9. The third kappa shape index (κ3) is 4.42. The molecule has 0 aliphatic heterocycles. The maximum atomic E-state index is 13.0. The Labute approximate surface area is 107 Å². The van der Waals surface area contributed by atoms with Crippen LogP contribution in [0, 0.1) is 5.82 Å². The van der Waals surface area contributed by atoms with Crippen molar-refractivity contribution in [2.24, 2.45) is 0 Å². The molecule has 0 atom stereocenters. The molecule has 0 spiro atoms. The minimum absolute atomic E-state index is 0.0332. The highest BCUT2D eigenvalue weighted by Gasteiger charge is 2.32. The van der Waals surface area contributed by atoms with Crippen LogP contribution in [0.4, 0.5) is 23.2 Å². The molecule has 3 nitrogen and oxygen atoms in total. The average molecular weight is 279 g/mol. The van der Waals surface area contributed by atoms with Gasteiger partial charge in [0.15, 0.2) is 0 Å². The fraction of sp³-hybridized carbons (Fsp3) is 0.417. The molecule has 0 aromatic heterocycles. The number of hydrogen-bond donors (Lipinski definition) is 1. The summed E-state index contributed by atoms with van der Waals surface area (Å²) in [6.07, 6.45) is -4.05. The van der Waals surface area contributed by atoms with Crippen LogP contribution >= 0.6 is 0 Å². The summed E-state index contributed by atoms with van der Waals surface area (Å²) in [5.41, 5.74) is -0.606. The maximum absolute atomic E-state index is 13.0. The molecule has 0 bridgehead atoms. The third-order valence-corrected chi connectivity index (χ3v) is 2.39. The molecule has 19 heavy (non-hydrogen) atoms. The number of rotatable bonds is 5. The van der Waals surface area contributed by atoms with E-state index >= 15 is 0 Å². The van der Waals surface area contributed by atoms with Gasteiger partial charge in [-0.05, 0) is 24.6 Å². The largest absolute Gasteiger partial charge is 0.478 e. The summed E-state index contributed by atoms with van der Waals surface area (Å²) in [7, 11) is 0. The van der Waals surface area contributed by atoms with Crippen LogP contribution in [0.25, 0.3) is 0 Å². The Balaban J connectivity index is 3.18. The van der Waals surface area contributed by atoms with E-state index in [-0.39, 0.29) is 12.2 Å². The fourth-order valence-electron chi connectivity index (χ4n) is 1.73. The van der Waals surface area contributed by atoms with Crippen LogP contribution < -0.4 is 4.90 Å². The Hall–Kier alpha value is -1.79. The van der Waals surface area contributed by atoms with E-state index in [1.54, 1.807) is 6.92 Å². The van der Waals surface area contributed by atoms with E-state index in [0.29, 0.717) is 6.42 Å². The van der Waals surface area contributed by atoms with Crippen LogP contribution in [0.3, 0.4) is 0 Å². The van der Waals surface area contributed by atoms with E-state index in [9.17, 15) is 22.4 Å². The molecule has 0 fully saturated rings. The van der Waals surface area contributed by atoms with E-state index in [2.05, 4.69) is 0 Å². The van der Waals surface area contributed by atoms with Gasteiger partial charge in [0, 0.05) is 6.54 Å². The first-order chi connectivity index (χ1) is 8.74. The van der Waals surface area contributed by atoms with Gasteiger partial charge in [-0.1, -0.05) is 6.92 Å². The lowest BCUT2D eigenvalue weighted by molar-refractivity contribution is -0.119. The molecule has 1 rings (SSSR count). The summed E-state index contributed by atoms with van der Waals surface area (Å²) in [6, 6.07) is 2.72. The number of carboxylic acid groups (broad SMARTS) is 1. The highest BCUT2D eigenvalue weighted by molar-refractivity contribution is 5.94. The van der Waals surface area contributed by atoms with Crippen molar-refractivity contribution in [3.8, 4) is 0 Å². The van der Waals surface area contributed by atoms with Crippen molar-refractivity contribution in [2.75, 3.05) is 18.0 Å². The monoisotopic (exact) mass is 279 g/mol. The predicted molar refractivity (Wildman–Crippen MR) is 61.9 cm³/mol. The molecule has 106 valence electrons. The molecule has 0 saturated carbocycles. The van der Waals surface area contributed by atoms with Gasteiger partial charge < -0.3 is 10.0 Å². The van der Waals surface area contributed by atoms with Crippen LogP contribution in [-0.2, 0) is 0 Å². The molecule has 0 radical (unpaired) electrons. The summed E-state index contributed by atoms with van der Waals surface area (Å²) < 4.78 is 50.4. The zero-order chi connectivity index (χ0) is 14.6. The Bertz CT molecular complexity index is 460. The Morgan fingerprint density at radius 2 is 2.00 bits per heavy atom. The van der Waals surface area contributed by atoms with E-state index in [0.717, 1.165) is 23.1 Å². The molecule has 0 aliphatic carbocycles. The van der Waals surface area contributed by atoms with Gasteiger partial charge in [0.05, 0.1) is 11.3 Å². The second kappa shape index (κ2) is 5.90. The molecule has 1 aromatic rings. The quantitative estimate of drug-likeness (QED) is 0.841. The second-order valence-electron chi connectivity index (χ2n) is 4.00. The Morgan fingerprint density at radius 3 is 2.47 bits per heavy atom.